The molecule has 1 aliphatic heterocycles. The maximum absolute atomic E-state index is 11.9. The lowest BCUT2D eigenvalue weighted by atomic mass is 10.1. The summed E-state index contributed by atoms with van der Waals surface area (Å²) < 4.78 is 37.2. The first-order chi connectivity index (χ1) is 13.0. The lowest BCUT2D eigenvalue weighted by molar-refractivity contribution is 0.166. The predicted octanol–water partition coefficient (Wildman–Crippen LogP) is 2.09. The molecular formula is C19H27N3O4S. The lowest BCUT2D eigenvalue weighted by Crippen LogP contribution is -2.49. The molecule has 0 aliphatic carbocycles. The number of hydrogen-bond donors (Lipinski definition) is 1. The fourth-order valence-electron chi connectivity index (χ4n) is 3.28. The minimum atomic E-state index is -3.25. The molecule has 1 aliphatic rings. The van der Waals surface area contributed by atoms with Crippen LogP contribution < -0.4 is 14.4 Å². The van der Waals surface area contributed by atoms with Crippen LogP contribution in [0.1, 0.15) is 18.7 Å². The molecule has 1 aromatic heterocycles. The molecule has 2 heterocycles. The van der Waals surface area contributed by atoms with Gasteiger partial charge in [-0.05, 0) is 43.3 Å². The second-order valence-corrected chi connectivity index (χ2v) is 8.60. The van der Waals surface area contributed by atoms with Crippen molar-refractivity contribution in [2.45, 2.75) is 13.0 Å². The van der Waals surface area contributed by atoms with Crippen molar-refractivity contribution < 1.29 is 17.6 Å². The fraction of sp³-hybridized carbons (Fsp3) is 0.474. The molecule has 1 fully saturated rings. The number of piperazine rings is 1. The summed E-state index contributed by atoms with van der Waals surface area (Å²) in [5.41, 5.74) is 1.16. The summed E-state index contributed by atoms with van der Waals surface area (Å²) in [4.78, 5) is 4.60. The van der Waals surface area contributed by atoms with Gasteiger partial charge in [0.1, 0.15) is 11.5 Å². The summed E-state index contributed by atoms with van der Waals surface area (Å²) in [5, 5.41) is 0. The first-order valence-corrected chi connectivity index (χ1v) is 10.8. The van der Waals surface area contributed by atoms with E-state index in [4.69, 9.17) is 9.15 Å². The van der Waals surface area contributed by atoms with Crippen LogP contribution in [0, 0.1) is 0 Å². The summed E-state index contributed by atoms with van der Waals surface area (Å²) in [6, 6.07) is 11.7. The number of nitrogens with zero attached hydrogens (tertiary/aromatic N) is 2. The maximum atomic E-state index is 11.9. The Balaban J connectivity index is 1.65. The van der Waals surface area contributed by atoms with E-state index in [1.165, 1.54) is 0 Å². The van der Waals surface area contributed by atoms with Crippen molar-refractivity contribution in [1.29, 1.82) is 0 Å². The molecule has 0 bridgehead atoms. The van der Waals surface area contributed by atoms with Crippen molar-refractivity contribution in [1.82, 2.24) is 9.62 Å². The highest BCUT2D eigenvalue weighted by Gasteiger charge is 2.28. The third-order valence-corrected chi connectivity index (χ3v) is 6.31. The molecule has 7 nitrogen and oxygen atoms in total. The third kappa shape index (κ3) is 5.03. The van der Waals surface area contributed by atoms with Crippen LogP contribution in [-0.4, -0.2) is 58.9 Å². The topological polar surface area (TPSA) is 75.0 Å². The lowest BCUT2D eigenvalue weighted by Gasteiger charge is -2.39. The Morgan fingerprint density at radius 1 is 1.15 bits per heavy atom. The van der Waals surface area contributed by atoms with Crippen LogP contribution in [0.5, 0.6) is 5.75 Å². The van der Waals surface area contributed by atoms with Crippen LogP contribution in [0.15, 0.2) is 47.1 Å². The van der Waals surface area contributed by atoms with Crippen LogP contribution in [0.4, 0.5) is 5.69 Å². The summed E-state index contributed by atoms with van der Waals surface area (Å²) in [7, 11) is -1.58. The molecule has 0 saturated carbocycles. The smallest absolute Gasteiger partial charge is 0.211 e. The number of anilines is 1. The summed E-state index contributed by atoms with van der Waals surface area (Å²) in [6.45, 7) is 5.33. The van der Waals surface area contributed by atoms with Crippen molar-refractivity contribution in [2.75, 3.05) is 50.5 Å². The number of benzene rings is 1. The number of rotatable bonds is 8. The van der Waals surface area contributed by atoms with Crippen molar-refractivity contribution in [3.63, 3.8) is 0 Å². The van der Waals surface area contributed by atoms with Gasteiger partial charge >= 0.3 is 0 Å². The van der Waals surface area contributed by atoms with E-state index in [0.717, 1.165) is 43.4 Å². The second kappa shape index (κ2) is 8.77. The summed E-state index contributed by atoms with van der Waals surface area (Å²) in [6.07, 6.45) is 1.63. The third-order valence-electron chi connectivity index (χ3n) is 4.94. The molecular weight excluding hydrogens is 366 g/mol. The molecule has 0 unspecified atom stereocenters. The van der Waals surface area contributed by atoms with Crippen molar-refractivity contribution in [3.05, 3.63) is 48.4 Å². The Kier molecular flexibility index (Phi) is 6.41. The van der Waals surface area contributed by atoms with Gasteiger partial charge in [0.05, 0.1) is 25.2 Å². The highest BCUT2D eigenvalue weighted by molar-refractivity contribution is 7.89. The summed E-state index contributed by atoms with van der Waals surface area (Å²) in [5.74, 6) is 1.70. The largest absolute Gasteiger partial charge is 0.497 e. The zero-order valence-corrected chi connectivity index (χ0v) is 16.6. The van der Waals surface area contributed by atoms with E-state index < -0.39 is 10.0 Å². The van der Waals surface area contributed by atoms with Crippen molar-refractivity contribution in [2.24, 2.45) is 0 Å². The van der Waals surface area contributed by atoms with Gasteiger partial charge in [0, 0.05) is 38.4 Å². The Morgan fingerprint density at radius 3 is 2.41 bits per heavy atom. The number of methoxy groups -OCH3 is 1. The van der Waals surface area contributed by atoms with Gasteiger partial charge in [0.15, 0.2) is 0 Å². The monoisotopic (exact) mass is 393 g/mol. The van der Waals surface area contributed by atoms with Crippen LogP contribution in [0.3, 0.4) is 0 Å². The molecule has 2 aromatic rings. The number of nitrogens with one attached hydrogen (secondary N) is 1. The van der Waals surface area contributed by atoms with Crippen molar-refractivity contribution >= 4 is 15.7 Å². The minimum Gasteiger partial charge on any atom is -0.497 e. The minimum absolute atomic E-state index is 0.0725. The number of furan rings is 1. The zero-order chi connectivity index (χ0) is 19.3. The van der Waals surface area contributed by atoms with E-state index in [-0.39, 0.29) is 11.8 Å². The highest BCUT2D eigenvalue weighted by Crippen LogP contribution is 2.25. The van der Waals surface area contributed by atoms with Crippen LogP contribution in [0.25, 0.3) is 0 Å². The first kappa shape index (κ1) is 19.7. The predicted molar refractivity (Wildman–Crippen MR) is 106 cm³/mol. The Hall–Kier alpha value is -2.03. The molecule has 1 N–H and O–H groups in total. The van der Waals surface area contributed by atoms with Gasteiger partial charge in [-0.1, -0.05) is 0 Å². The SMILES string of the molecule is CCS(=O)(=O)NC[C@@H](c1ccco1)N1CCN(c2ccc(OC)cc2)CC1. The van der Waals surface area contributed by atoms with E-state index >= 15 is 0 Å². The molecule has 1 saturated heterocycles. The number of sulfonamides is 1. The van der Waals surface area contributed by atoms with Crippen molar-refractivity contribution in [3.8, 4) is 5.75 Å². The second-order valence-electron chi connectivity index (χ2n) is 6.50. The zero-order valence-electron chi connectivity index (χ0n) is 15.8. The van der Waals surface area contributed by atoms with Gasteiger partial charge in [0.25, 0.3) is 0 Å². The van der Waals surface area contributed by atoms with Gasteiger partial charge in [-0.25, -0.2) is 13.1 Å². The van der Waals surface area contributed by atoms with E-state index in [1.807, 2.05) is 24.3 Å². The average molecular weight is 394 g/mol. The fourth-order valence-corrected chi connectivity index (χ4v) is 3.90. The quantitative estimate of drug-likeness (QED) is 0.740. The normalized spacial score (nSPS) is 17.0. The number of ether oxygens (including phenoxy) is 1. The van der Waals surface area contributed by atoms with Crippen LogP contribution in [-0.2, 0) is 10.0 Å². The number of hydrogen-bond acceptors (Lipinski definition) is 6. The van der Waals surface area contributed by atoms with E-state index in [9.17, 15) is 8.42 Å². The highest BCUT2D eigenvalue weighted by atomic mass is 32.2. The molecule has 0 amide bonds. The molecule has 1 aromatic carbocycles. The molecule has 0 spiro atoms. The average Bonchev–Trinajstić information content (AvgIpc) is 3.23. The van der Waals surface area contributed by atoms with E-state index in [2.05, 4.69) is 26.7 Å². The molecule has 8 heteroatoms. The molecule has 1 atom stereocenters. The Bertz CT molecular complexity index is 798. The first-order valence-electron chi connectivity index (χ1n) is 9.16. The van der Waals surface area contributed by atoms with Gasteiger partial charge in [-0.2, -0.15) is 0 Å². The molecule has 3 rings (SSSR count). The molecule has 148 valence electrons. The van der Waals surface area contributed by atoms with Gasteiger partial charge < -0.3 is 14.1 Å². The van der Waals surface area contributed by atoms with Gasteiger partial charge in [-0.15, -0.1) is 0 Å². The molecule has 27 heavy (non-hydrogen) atoms. The van der Waals surface area contributed by atoms with Crippen LogP contribution in [0.2, 0.25) is 0 Å². The van der Waals surface area contributed by atoms with Crippen LogP contribution >= 0.6 is 0 Å². The molecule has 0 radical (unpaired) electrons. The summed E-state index contributed by atoms with van der Waals surface area (Å²) >= 11 is 0. The Morgan fingerprint density at radius 2 is 1.85 bits per heavy atom. The maximum Gasteiger partial charge on any atom is 0.211 e. The van der Waals surface area contributed by atoms with Gasteiger partial charge in [-0.3, -0.25) is 4.90 Å². The van der Waals surface area contributed by atoms with E-state index in [1.54, 1.807) is 20.3 Å². The van der Waals surface area contributed by atoms with E-state index in [0.29, 0.717) is 6.54 Å². The Labute approximate surface area is 161 Å². The van der Waals surface area contributed by atoms with Gasteiger partial charge in [0.2, 0.25) is 10.0 Å². The standard InChI is InChI=1S/C19H27N3O4S/c1-3-27(23,24)20-15-18(19-5-4-14-26-19)22-12-10-21(11-13-22)16-6-8-17(25-2)9-7-16/h4-9,14,18,20H,3,10-13,15H2,1-2H3/t18-/m0/s1.